The minimum atomic E-state index is -4.16. The van der Waals surface area contributed by atoms with Crippen LogP contribution in [0.5, 0.6) is 0 Å². The van der Waals surface area contributed by atoms with E-state index < -0.39 is 24.4 Å². The van der Waals surface area contributed by atoms with Gasteiger partial charge in [-0.2, -0.15) is 13.2 Å². The number of nitrogens with zero attached hydrogens (tertiary/aromatic N) is 2. The van der Waals surface area contributed by atoms with Crippen molar-refractivity contribution in [3.05, 3.63) is 0 Å². The van der Waals surface area contributed by atoms with Crippen LogP contribution in [0.1, 0.15) is 34.1 Å². The van der Waals surface area contributed by atoms with Crippen molar-refractivity contribution in [2.24, 2.45) is 10.9 Å². The second-order valence-electron chi connectivity index (χ2n) is 7.58. The Morgan fingerprint density at radius 1 is 1.18 bits per heavy atom. The zero-order valence-corrected chi connectivity index (χ0v) is 19.3. The fourth-order valence-corrected chi connectivity index (χ4v) is 2.68. The van der Waals surface area contributed by atoms with Crippen molar-refractivity contribution in [3.63, 3.8) is 0 Å². The molecule has 28 heavy (non-hydrogen) atoms. The summed E-state index contributed by atoms with van der Waals surface area (Å²) in [6.07, 6.45) is -3.93. The Kier molecular flexibility index (Phi) is 12.1. The van der Waals surface area contributed by atoms with E-state index in [0.29, 0.717) is 51.6 Å². The summed E-state index contributed by atoms with van der Waals surface area (Å²) in [5.41, 5.74) is -0.546. The monoisotopic (exact) mass is 523 g/mol. The van der Waals surface area contributed by atoms with E-state index in [1.165, 1.54) is 4.90 Å². The number of carbonyl (C=O) groups excluding carboxylic acids is 1. The van der Waals surface area contributed by atoms with Crippen molar-refractivity contribution >= 4 is 36.0 Å². The molecule has 0 aliphatic carbocycles. The lowest BCUT2D eigenvalue weighted by Gasteiger charge is -2.20. The molecular formula is C17H33F3IN5O2. The first-order valence-corrected chi connectivity index (χ1v) is 9.26. The average molecular weight is 523 g/mol. The van der Waals surface area contributed by atoms with E-state index in [-0.39, 0.29) is 29.9 Å². The van der Waals surface area contributed by atoms with Gasteiger partial charge in [-0.15, -0.1) is 24.0 Å². The average Bonchev–Trinajstić information content (AvgIpc) is 2.92. The molecule has 0 saturated carbocycles. The van der Waals surface area contributed by atoms with Gasteiger partial charge in [-0.1, -0.05) is 0 Å². The lowest BCUT2D eigenvalue weighted by Crippen LogP contribution is -2.42. The summed E-state index contributed by atoms with van der Waals surface area (Å²) in [7, 11) is 0. The number of amides is 1. The van der Waals surface area contributed by atoms with Gasteiger partial charge < -0.3 is 20.7 Å². The van der Waals surface area contributed by atoms with Crippen LogP contribution in [0.4, 0.5) is 18.0 Å². The summed E-state index contributed by atoms with van der Waals surface area (Å²) in [6.45, 7) is 9.24. The van der Waals surface area contributed by atoms with Crippen LogP contribution < -0.4 is 16.0 Å². The molecule has 0 aromatic heterocycles. The first kappa shape index (κ1) is 27.0. The van der Waals surface area contributed by atoms with E-state index in [4.69, 9.17) is 4.74 Å². The SMILES string of the molecule is CCNC(=NCC1CCN(CC(F)(F)F)C1)NCCNC(=O)OC(C)(C)C.I. The molecule has 166 valence electrons. The van der Waals surface area contributed by atoms with Gasteiger partial charge in [0.05, 0.1) is 6.54 Å². The Morgan fingerprint density at radius 3 is 2.39 bits per heavy atom. The number of likely N-dealkylation sites (tertiary alicyclic amines) is 1. The van der Waals surface area contributed by atoms with Crippen molar-refractivity contribution in [1.29, 1.82) is 0 Å². The normalized spacial score (nSPS) is 18.4. The molecule has 0 aromatic rings. The van der Waals surface area contributed by atoms with Gasteiger partial charge in [0, 0.05) is 32.7 Å². The number of alkyl carbamates (subject to hydrolysis) is 1. The number of hydrogen-bond donors (Lipinski definition) is 3. The molecule has 1 aliphatic rings. The van der Waals surface area contributed by atoms with Gasteiger partial charge in [0.2, 0.25) is 0 Å². The van der Waals surface area contributed by atoms with Crippen molar-refractivity contribution in [3.8, 4) is 0 Å². The van der Waals surface area contributed by atoms with Crippen LogP contribution in [0.3, 0.4) is 0 Å². The summed E-state index contributed by atoms with van der Waals surface area (Å²) in [4.78, 5) is 17.4. The highest BCUT2D eigenvalue weighted by atomic mass is 127. The van der Waals surface area contributed by atoms with E-state index in [9.17, 15) is 18.0 Å². The maximum absolute atomic E-state index is 12.4. The zero-order valence-electron chi connectivity index (χ0n) is 17.0. The lowest BCUT2D eigenvalue weighted by atomic mass is 10.1. The van der Waals surface area contributed by atoms with Crippen LogP contribution in [0.15, 0.2) is 4.99 Å². The van der Waals surface area contributed by atoms with Crippen LogP contribution in [0.25, 0.3) is 0 Å². The first-order valence-electron chi connectivity index (χ1n) is 9.26. The molecule has 0 spiro atoms. The molecule has 1 aliphatic heterocycles. The largest absolute Gasteiger partial charge is 0.444 e. The number of carbonyl (C=O) groups is 1. The molecule has 1 heterocycles. The molecule has 11 heteroatoms. The van der Waals surface area contributed by atoms with E-state index in [1.807, 2.05) is 6.92 Å². The number of hydrogen-bond acceptors (Lipinski definition) is 4. The Morgan fingerprint density at radius 2 is 1.82 bits per heavy atom. The zero-order chi connectivity index (χ0) is 20.5. The smallest absolute Gasteiger partial charge is 0.407 e. The van der Waals surface area contributed by atoms with Crippen LogP contribution in [0, 0.1) is 5.92 Å². The number of halogens is 4. The summed E-state index contributed by atoms with van der Waals surface area (Å²) in [6, 6.07) is 0. The minimum absolute atomic E-state index is 0. The van der Waals surface area contributed by atoms with Gasteiger partial charge in [-0.25, -0.2) is 4.79 Å². The highest BCUT2D eigenvalue weighted by Crippen LogP contribution is 2.22. The summed E-state index contributed by atoms with van der Waals surface area (Å²) < 4.78 is 42.5. The maximum atomic E-state index is 12.4. The van der Waals surface area contributed by atoms with Crippen LogP contribution >= 0.6 is 24.0 Å². The fraction of sp³-hybridized carbons (Fsp3) is 0.882. The molecular weight excluding hydrogens is 490 g/mol. The second-order valence-corrected chi connectivity index (χ2v) is 7.58. The fourth-order valence-electron chi connectivity index (χ4n) is 2.68. The number of aliphatic imine (C=N–C) groups is 1. The molecule has 3 N–H and O–H groups in total. The first-order chi connectivity index (χ1) is 12.5. The lowest BCUT2D eigenvalue weighted by molar-refractivity contribution is -0.143. The predicted molar refractivity (Wildman–Crippen MR) is 114 cm³/mol. The molecule has 1 amide bonds. The molecule has 7 nitrogen and oxygen atoms in total. The third-order valence-corrected chi connectivity index (χ3v) is 3.71. The van der Waals surface area contributed by atoms with Crippen molar-refractivity contribution < 1.29 is 22.7 Å². The minimum Gasteiger partial charge on any atom is -0.444 e. The highest BCUT2D eigenvalue weighted by Gasteiger charge is 2.34. The van der Waals surface area contributed by atoms with E-state index in [2.05, 4.69) is 20.9 Å². The van der Waals surface area contributed by atoms with Crippen molar-refractivity contribution in [2.45, 2.75) is 45.9 Å². The van der Waals surface area contributed by atoms with Gasteiger partial charge in [-0.3, -0.25) is 9.89 Å². The molecule has 0 bridgehead atoms. The molecule has 1 saturated heterocycles. The number of guanidine groups is 1. The van der Waals surface area contributed by atoms with Gasteiger partial charge >= 0.3 is 12.3 Å². The van der Waals surface area contributed by atoms with E-state index in [1.54, 1.807) is 20.8 Å². The van der Waals surface area contributed by atoms with Crippen LogP contribution in [0.2, 0.25) is 0 Å². The van der Waals surface area contributed by atoms with Gasteiger partial charge in [-0.05, 0) is 46.6 Å². The quantitative estimate of drug-likeness (QED) is 0.207. The van der Waals surface area contributed by atoms with Gasteiger partial charge in [0.25, 0.3) is 0 Å². The van der Waals surface area contributed by atoms with Crippen molar-refractivity contribution in [2.75, 3.05) is 45.8 Å². The van der Waals surface area contributed by atoms with E-state index in [0.717, 1.165) is 0 Å². The number of rotatable bonds is 7. The van der Waals surface area contributed by atoms with Crippen LogP contribution in [-0.2, 0) is 4.74 Å². The second kappa shape index (κ2) is 12.6. The maximum Gasteiger partial charge on any atom is 0.407 e. The third kappa shape index (κ3) is 13.2. The Balaban J connectivity index is 0.00000729. The molecule has 1 fully saturated rings. The number of alkyl halides is 3. The molecule has 0 radical (unpaired) electrons. The molecule has 0 aromatic carbocycles. The molecule has 1 atom stereocenters. The number of nitrogens with one attached hydrogen (secondary N) is 3. The standard InChI is InChI=1S/C17H32F3N5O2.HI/c1-5-21-14(22-7-8-23-15(26)27-16(2,3)4)24-10-13-6-9-25(11-13)12-17(18,19)20;/h13H,5-12H2,1-4H3,(H,23,26)(H2,21,22,24);1H. The highest BCUT2D eigenvalue weighted by molar-refractivity contribution is 14.0. The van der Waals surface area contributed by atoms with Crippen LogP contribution in [-0.4, -0.2) is 74.5 Å². The Labute approximate surface area is 182 Å². The topological polar surface area (TPSA) is 78.0 Å². The summed E-state index contributed by atoms with van der Waals surface area (Å²) >= 11 is 0. The van der Waals surface area contributed by atoms with E-state index >= 15 is 0 Å². The Bertz CT molecular complexity index is 498. The van der Waals surface area contributed by atoms with Gasteiger partial charge in [0.15, 0.2) is 5.96 Å². The number of ether oxygens (including phenoxy) is 1. The van der Waals surface area contributed by atoms with Gasteiger partial charge in [0.1, 0.15) is 5.60 Å². The van der Waals surface area contributed by atoms with Crippen molar-refractivity contribution in [1.82, 2.24) is 20.9 Å². The summed E-state index contributed by atoms with van der Waals surface area (Å²) in [5, 5.41) is 8.81. The third-order valence-electron chi connectivity index (χ3n) is 3.71. The summed E-state index contributed by atoms with van der Waals surface area (Å²) in [5.74, 6) is 0.695. The molecule has 1 unspecified atom stereocenters. The predicted octanol–water partition coefficient (Wildman–Crippen LogP) is 2.57. The Hall–Kier alpha value is -0.980. The molecule has 1 rings (SSSR count).